The second kappa shape index (κ2) is 8.35. The maximum Gasteiger partial charge on any atom is 0.427 e. The molecule has 142 valence electrons. The van der Waals surface area contributed by atoms with Crippen molar-refractivity contribution in [3.8, 4) is 5.75 Å². The molecule has 0 radical (unpaired) electrons. The van der Waals surface area contributed by atoms with Crippen LogP contribution in [0.1, 0.15) is 38.1 Å². The number of amides is 2. The molecule has 0 aromatic heterocycles. The van der Waals surface area contributed by atoms with E-state index < -0.39 is 23.6 Å². The average molecular weight is 370 g/mol. The largest absolute Gasteiger partial charge is 0.443 e. The molecular weight excluding hydrogens is 348 g/mol. The highest BCUT2D eigenvalue weighted by molar-refractivity contribution is 6.07. The summed E-state index contributed by atoms with van der Waals surface area (Å²) in [5.41, 5.74) is 2.53. The summed E-state index contributed by atoms with van der Waals surface area (Å²) in [6, 6.07) is 14.7. The molecule has 7 nitrogen and oxygen atoms in total. The Kier molecular flexibility index (Phi) is 6.18. The maximum atomic E-state index is 12.9. The van der Waals surface area contributed by atoms with Crippen LogP contribution in [0, 0.1) is 0 Å². The van der Waals surface area contributed by atoms with Crippen molar-refractivity contribution < 1.29 is 23.9 Å². The fraction of sp³-hybridized carbons (Fsp3) is 0.250. The van der Waals surface area contributed by atoms with Crippen molar-refractivity contribution in [3.05, 3.63) is 60.2 Å². The average Bonchev–Trinajstić information content (AvgIpc) is 2.58. The van der Waals surface area contributed by atoms with E-state index in [1.165, 1.54) is 31.2 Å². The summed E-state index contributed by atoms with van der Waals surface area (Å²) in [4.78, 5) is 36.1. The van der Waals surface area contributed by atoms with Crippen molar-refractivity contribution in [1.29, 1.82) is 0 Å². The molecule has 2 rings (SSSR count). The normalized spacial score (nSPS) is 10.7. The quantitative estimate of drug-likeness (QED) is 0.506. The monoisotopic (exact) mass is 370 g/mol. The molecular formula is C20H22N2O5. The van der Waals surface area contributed by atoms with Crippen molar-refractivity contribution in [1.82, 2.24) is 5.43 Å². The number of esters is 1. The summed E-state index contributed by atoms with van der Waals surface area (Å²) in [6.45, 7) is 6.49. The van der Waals surface area contributed by atoms with Gasteiger partial charge in [-0.2, -0.15) is 0 Å². The number of rotatable bonds is 3. The summed E-state index contributed by atoms with van der Waals surface area (Å²) in [6.07, 6.45) is -0.753. The summed E-state index contributed by atoms with van der Waals surface area (Å²) in [5, 5.41) is 1.11. The third-order valence-electron chi connectivity index (χ3n) is 3.18. The molecule has 2 aromatic rings. The minimum atomic E-state index is -0.753. The highest BCUT2D eigenvalue weighted by Crippen LogP contribution is 2.18. The van der Waals surface area contributed by atoms with Crippen LogP contribution in [0.15, 0.2) is 54.6 Å². The number of carbonyl (C=O) groups is 3. The van der Waals surface area contributed by atoms with E-state index in [-0.39, 0.29) is 0 Å². The first kappa shape index (κ1) is 20.0. The predicted molar refractivity (Wildman–Crippen MR) is 100 cm³/mol. The number of hydrogen-bond acceptors (Lipinski definition) is 5. The number of nitrogens with zero attached hydrogens (tertiary/aromatic N) is 1. The highest BCUT2D eigenvalue weighted by atomic mass is 16.6. The number of ether oxygens (including phenoxy) is 2. The first-order valence-electron chi connectivity index (χ1n) is 8.33. The van der Waals surface area contributed by atoms with Gasteiger partial charge in [-0.15, -0.1) is 0 Å². The zero-order chi connectivity index (χ0) is 20.0. The van der Waals surface area contributed by atoms with E-state index in [1.807, 2.05) is 0 Å². The van der Waals surface area contributed by atoms with Crippen LogP contribution in [0.4, 0.5) is 10.5 Å². The molecule has 0 spiro atoms. The van der Waals surface area contributed by atoms with E-state index in [0.717, 1.165) is 5.01 Å². The van der Waals surface area contributed by atoms with E-state index in [4.69, 9.17) is 9.47 Å². The number of hydrogen-bond donors (Lipinski definition) is 1. The fourth-order valence-corrected chi connectivity index (χ4v) is 2.16. The van der Waals surface area contributed by atoms with E-state index in [1.54, 1.807) is 51.1 Å². The lowest BCUT2D eigenvalue weighted by Gasteiger charge is -2.26. The lowest BCUT2D eigenvalue weighted by atomic mass is 10.2. The molecule has 0 saturated carbocycles. The summed E-state index contributed by atoms with van der Waals surface area (Å²) in [5.74, 6) is -0.599. The molecule has 0 unspecified atom stereocenters. The second-order valence-electron chi connectivity index (χ2n) is 6.71. The minimum Gasteiger partial charge on any atom is -0.443 e. The first-order chi connectivity index (χ1) is 12.7. The van der Waals surface area contributed by atoms with Crippen LogP contribution in [0.3, 0.4) is 0 Å². The third kappa shape index (κ3) is 6.14. The molecule has 0 fully saturated rings. The van der Waals surface area contributed by atoms with Gasteiger partial charge in [0.05, 0.1) is 5.69 Å². The van der Waals surface area contributed by atoms with Gasteiger partial charge in [-0.3, -0.25) is 9.59 Å². The molecule has 27 heavy (non-hydrogen) atoms. The summed E-state index contributed by atoms with van der Waals surface area (Å²) in [7, 11) is 0. The Labute approximate surface area is 157 Å². The molecule has 0 aliphatic carbocycles. The Hall–Kier alpha value is -3.35. The fourth-order valence-electron chi connectivity index (χ4n) is 2.16. The van der Waals surface area contributed by atoms with Crippen molar-refractivity contribution in [2.24, 2.45) is 0 Å². The second-order valence-corrected chi connectivity index (χ2v) is 6.71. The predicted octanol–water partition coefficient (Wildman–Crippen LogP) is 3.70. The van der Waals surface area contributed by atoms with Crippen molar-refractivity contribution >= 4 is 23.7 Å². The Morgan fingerprint density at radius 3 is 2.04 bits per heavy atom. The standard InChI is InChI=1S/C20H22N2O5/c1-14(23)26-17-12-10-15(11-13-17)18(24)22(16-8-6-5-7-9-16)21-19(25)27-20(2,3)4/h5-13H,1-4H3,(H,21,25). The topological polar surface area (TPSA) is 84.9 Å². The number of para-hydroxylation sites is 1. The molecule has 2 aromatic carbocycles. The maximum absolute atomic E-state index is 12.9. The van der Waals surface area contributed by atoms with Gasteiger partial charge in [-0.05, 0) is 57.2 Å². The van der Waals surface area contributed by atoms with Gasteiger partial charge in [0.1, 0.15) is 11.4 Å². The van der Waals surface area contributed by atoms with E-state index in [2.05, 4.69) is 5.43 Å². The smallest absolute Gasteiger partial charge is 0.427 e. The van der Waals surface area contributed by atoms with Gasteiger partial charge >= 0.3 is 12.1 Å². The molecule has 1 N–H and O–H groups in total. The molecule has 0 saturated heterocycles. The van der Waals surface area contributed by atoms with Gasteiger partial charge in [0, 0.05) is 12.5 Å². The molecule has 0 aliphatic rings. The molecule has 2 amide bonds. The van der Waals surface area contributed by atoms with Crippen LogP contribution < -0.4 is 15.2 Å². The zero-order valence-corrected chi connectivity index (χ0v) is 15.7. The highest BCUT2D eigenvalue weighted by Gasteiger charge is 2.23. The van der Waals surface area contributed by atoms with Crippen LogP contribution >= 0.6 is 0 Å². The lowest BCUT2D eigenvalue weighted by Crippen LogP contribution is -2.48. The van der Waals surface area contributed by atoms with E-state index >= 15 is 0 Å². The van der Waals surface area contributed by atoms with Crippen molar-refractivity contribution in [3.63, 3.8) is 0 Å². The number of carbonyl (C=O) groups excluding carboxylic acids is 3. The van der Waals surface area contributed by atoms with Gasteiger partial charge in [0.25, 0.3) is 5.91 Å². The van der Waals surface area contributed by atoms with Crippen LogP contribution in [-0.4, -0.2) is 23.6 Å². The Bertz CT molecular complexity index is 811. The summed E-state index contributed by atoms with van der Waals surface area (Å²) < 4.78 is 10.2. The van der Waals surface area contributed by atoms with Crippen LogP contribution in [0.5, 0.6) is 5.75 Å². The van der Waals surface area contributed by atoms with Crippen molar-refractivity contribution in [2.75, 3.05) is 5.01 Å². The van der Waals surface area contributed by atoms with Gasteiger partial charge in [-0.25, -0.2) is 15.2 Å². The first-order valence-corrected chi connectivity index (χ1v) is 8.33. The van der Waals surface area contributed by atoms with Gasteiger partial charge in [0.2, 0.25) is 0 Å². The van der Waals surface area contributed by atoms with Crippen molar-refractivity contribution in [2.45, 2.75) is 33.3 Å². The SMILES string of the molecule is CC(=O)Oc1ccc(C(=O)N(NC(=O)OC(C)(C)C)c2ccccc2)cc1. The van der Waals surface area contributed by atoms with Crippen LogP contribution in [0.2, 0.25) is 0 Å². The lowest BCUT2D eigenvalue weighted by molar-refractivity contribution is -0.131. The Morgan fingerprint density at radius 1 is 0.926 bits per heavy atom. The van der Waals surface area contributed by atoms with Gasteiger partial charge in [-0.1, -0.05) is 18.2 Å². The van der Waals surface area contributed by atoms with E-state index in [9.17, 15) is 14.4 Å². The van der Waals surface area contributed by atoms with Crippen LogP contribution in [-0.2, 0) is 9.53 Å². The Morgan fingerprint density at radius 2 is 1.52 bits per heavy atom. The molecule has 0 atom stereocenters. The van der Waals surface area contributed by atoms with E-state index in [0.29, 0.717) is 17.0 Å². The summed E-state index contributed by atoms with van der Waals surface area (Å²) >= 11 is 0. The zero-order valence-electron chi connectivity index (χ0n) is 15.7. The third-order valence-corrected chi connectivity index (χ3v) is 3.18. The Balaban J connectivity index is 2.26. The number of nitrogens with one attached hydrogen (secondary N) is 1. The molecule has 0 heterocycles. The number of anilines is 1. The molecule has 7 heteroatoms. The minimum absolute atomic E-state index is 0.297. The number of benzene rings is 2. The number of hydrazine groups is 1. The van der Waals surface area contributed by atoms with Gasteiger partial charge < -0.3 is 9.47 Å². The van der Waals surface area contributed by atoms with Crippen LogP contribution in [0.25, 0.3) is 0 Å². The molecule has 0 bridgehead atoms. The molecule has 0 aliphatic heterocycles. The van der Waals surface area contributed by atoms with Gasteiger partial charge in [0.15, 0.2) is 0 Å².